The van der Waals surface area contributed by atoms with Crippen LogP contribution >= 0.6 is 0 Å². The van der Waals surface area contributed by atoms with Gasteiger partial charge in [-0.25, -0.2) is 8.78 Å². The molecule has 1 aromatic carbocycles. The highest BCUT2D eigenvalue weighted by molar-refractivity contribution is 5.31. The number of benzene rings is 1. The molecule has 1 unspecified atom stereocenters. The number of likely N-dealkylation sites (N-methyl/N-ethyl adjacent to an activating group) is 1. The van der Waals surface area contributed by atoms with Crippen LogP contribution in [0.3, 0.4) is 0 Å². The zero-order valence-electron chi connectivity index (χ0n) is 16.9. The van der Waals surface area contributed by atoms with Gasteiger partial charge >= 0.3 is 0 Å². The molecule has 0 amide bonds. The van der Waals surface area contributed by atoms with Crippen LogP contribution in [0.1, 0.15) is 62.5 Å². The van der Waals surface area contributed by atoms with E-state index in [9.17, 15) is 13.9 Å². The maximum atomic E-state index is 13.9. The normalized spacial score (nSPS) is 25.1. The largest absolute Gasteiger partial charge is 0.389 e. The van der Waals surface area contributed by atoms with Crippen LogP contribution in [0, 0.1) is 0 Å². The minimum Gasteiger partial charge on any atom is -0.389 e. The molecule has 27 heavy (non-hydrogen) atoms. The number of nitrogens with zero attached hydrogens (tertiary/aromatic N) is 2. The van der Waals surface area contributed by atoms with Crippen LogP contribution < -0.4 is 0 Å². The van der Waals surface area contributed by atoms with Crippen LogP contribution in [0.2, 0.25) is 0 Å². The fourth-order valence-corrected chi connectivity index (χ4v) is 4.78. The molecular formula is C22H34F2N2O. The zero-order valence-corrected chi connectivity index (χ0v) is 16.9. The van der Waals surface area contributed by atoms with Gasteiger partial charge in [0.25, 0.3) is 5.92 Å². The fraction of sp³-hybridized carbons (Fsp3) is 0.727. The monoisotopic (exact) mass is 380 g/mol. The molecule has 3 nitrogen and oxygen atoms in total. The molecule has 1 aliphatic heterocycles. The number of halogens is 2. The smallest absolute Gasteiger partial charge is 0.270 e. The van der Waals surface area contributed by atoms with Crippen molar-refractivity contribution in [1.82, 2.24) is 9.80 Å². The third kappa shape index (κ3) is 4.87. The summed E-state index contributed by atoms with van der Waals surface area (Å²) in [5.41, 5.74) is 0.0968. The first kappa shape index (κ1) is 20.7. The van der Waals surface area contributed by atoms with E-state index in [1.54, 1.807) is 12.1 Å². The molecule has 2 atom stereocenters. The quantitative estimate of drug-likeness (QED) is 0.801. The van der Waals surface area contributed by atoms with E-state index in [1.165, 1.54) is 6.07 Å². The van der Waals surface area contributed by atoms with Gasteiger partial charge in [0.2, 0.25) is 0 Å². The second-order valence-electron chi connectivity index (χ2n) is 8.90. The lowest BCUT2D eigenvalue weighted by atomic mass is 9.72. The van der Waals surface area contributed by atoms with Gasteiger partial charge < -0.3 is 14.9 Å². The molecule has 0 aromatic heterocycles. The summed E-state index contributed by atoms with van der Waals surface area (Å²) >= 11 is 0. The fourth-order valence-electron chi connectivity index (χ4n) is 4.78. The molecule has 2 aliphatic rings. The van der Waals surface area contributed by atoms with Gasteiger partial charge in [0.1, 0.15) is 0 Å². The highest BCUT2D eigenvalue weighted by Crippen LogP contribution is 2.42. The van der Waals surface area contributed by atoms with Gasteiger partial charge in [0.05, 0.1) is 5.60 Å². The second-order valence-corrected chi connectivity index (χ2v) is 8.90. The molecule has 3 rings (SSSR count). The molecule has 1 aromatic rings. The predicted octanol–water partition coefficient (Wildman–Crippen LogP) is 4.21. The van der Waals surface area contributed by atoms with Gasteiger partial charge in [-0.05, 0) is 51.5 Å². The predicted molar refractivity (Wildman–Crippen MR) is 105 cm³/mol. The van der Waals surface area contributed by atoms with Crippen molar-refractivity contribution in [2.24, 2.45) is 0 Å². The van der Waals surface area contributed by atoms with Crippen molar-refractivity contribution in [3.63, 3.8) is 0 Å². The summed E-state index contributed by atoms with van der Waals surface area (Å²) in [7, 11) is 4.21. The summed E-state index contributed by atoms with van der Waals surface area (Å²) in [6, 6.07) is 7.28. The second kappa shape index (κ2) is 8.14. The van der Waals surface area contributed by atoms with Crippen molar-refractivity contribution < 1.29 is 13.9 Å². The van der Waals surface area contributed by atoms with Gasteiger partial charge in [-0.15, -0.1) is 0 Å². The van der Waals surface area contributed by atoms with E-state index in [4.69, 9.17) is 0 Å². The van der Waals surface area contributed by atoms with Gasteiger partial charge in [-0.1, -0.05) is 37.5 Å². The highest BCUT2D eigenvalue weighted by atomic mass is 19.3. The first-order chi connectivity index (χ1) is 12.7. The highest BCUT2D eigenvalue weighted by Gasteiger charge is 2.41. The Hall–Kier alpha value is -1.04. The van der Waals surface area contributed by atoms with E-state index in [0.29, 0.717) is 6.04 Å². The molecule has 2 fully saturated rings. The van der Waals surface area contributed by atoms with Crippen LogP contribution in [0.5, 0.6) is 0 Å². The third-order valence-corrected chi connectivity index (χ3v) is 6.58. The SMILES string of the molecule is CN(C)[C@@H]1CCN(CC(c2cccc(C(C)(F)F)c2)C2(O)CCCCC2)C1. The Morgan fingerprint density at radius 1 is 1.26 bits per heavy atom. The van der Waals surface area contributed by atoms with Gasteiger partial charge in [-0.3, -0.25) is 0 Å². The lowest BCUT2D eigenvalue weighted by Gasteiger charge is -2.41. The van der Waals surface area contributed by atoms with E-state index in [2.05, 4.69) is 23.9 Å². The summed E-state index contributed by atoms with van der Waals surface area (Å²) in [5.74, 6) is -2.99. The van der Waals surface area contributed by atoms with Crippen molar-refractivity contribution in [1.29, 1.82) is 0 Å². The molecule has 1 aliphatic carbocycles. The molecular weight excluding hydrogens is 346 g/mol. The third-order valence-electron chi connectivity index (χ3n) is 6.58. The van der Waals surface area contributed by atoms with Crippen molar-refractivity contribution in [2.75, 3.05) is 33.7 Å². The van der Waals surface area contributed by atoms with Crippen molar-refractivity contribution >= 4 is 0 Å². The van der Waals surface area contributed by atoms with Crippen LogP contribution in [0.25, 0.3) is 0 Å². The Labute approximate surface area is 162 Å². The Morgan fingerprint density at radius 2 is 1.96 bits per heavy atom. The number of hydrogen-bond donors (Lipinski definition) is 1. The zero-order chi connectivity index (χ0) is 19.7. The molecule has 152 valence electrons. The number of hydrogen-bond acceptors (Lipinski definition) is 3. The number of alkyl halides is 2. The minimum absolute atomic E-state index is 0.0389. The van der Waals surface area contributed by atoms with E-state index in [0.717, 1.165) is 70.6 Å². The van der Waals surface area contributed by atoms with E-state index < -0.39 is 11.5 Å². The number of rotatable bonds is 6. The maximum Gasteiger partial charge on any atom is 0.270 e. The van der Waals surface area contributed by atoms with Crippen LogP contribution in [-0.4, -0.2) is 60.3 Å². The Balaban J connectivity index is 1.87. The van der Waals surface area contributed by atoms with Crippen LogP contribution in [-0.2, 0) is 5.92 Å². The van der Waals surface area contributed by atoms with Crippen LogP contribution in [0.15, 0.2) is 24.3 Å². The van der Waals surface area contributed by atoms with Crippen molar-refractivity contribution in [2.45, 2.75) is 68.9 Å². The first-order valence-corrected chi connectivity index (χ1v) is 10.3. The van der Waals surface area contributed by atoms with Crippen LogP contribution in [0.4, 0.5) is 8.78 Å². The Kier molecular flexibility index (Phi) is 6.24. The summed E-state index contributed by atoms with van der Waals surface area (Å²) in [6.45, 7) is 3.65. The van der Waals surface area contributed by atoms with Gasteiger partial charge in [0, 0.05) is 37.5 Å². The summed E-state index contributed by atoms with van der Waals surface area (Å²) in [5, 5.41) is 11.5. The lowest BCUT2D eigenvalue weighted by Crippen LogP contribution is -2.44. The maximum absolute atomic E-state index is 13.9. The average molecular weight is 381 g/mol. The molecule has 1 saturated heterocycles. The summed E-state index contributed by atoms with van der Waals surface area (Å²) in [4.78, 5) is 4.65. The first-order valence-electron chi connectivity index (χ1n) is 10.3. The van der Waals surface area contributed by atoms with Gasteiger partial charge in [-0.2, -0.15) is 0 Å². The Bertz CT molecular complexity index is 623. The van der Waals surface area contributed by atoms with E-state index >= 15 is 0 Å². The lowest BCUT2D eigenvalue weighted by molar-refractivity contribution is -0.0300. The minimum atomic E-state index is -2.86. The molecule has 1 heterocycles. The average Bonchev–Trinajstić information content (AvgIpc) is 3.09. The molecule has 5 heteroatoms. The summed E-state index contributed by atoms with van der Waals surface area (Å²) < 4.78 is 27.8. The molecule has 1 N–H and O–H groups in total. The molecule has 0 radical (unpaired) electrons. The number of aliphatic hydroxyl groups is 1. The number of likely N-dealkylation sites (tertiary alicyclic amines) is 1. The standard InChI is InChI=1S/C22H34F2N2O/c1-21(23,24)18-9-7-8-17(14-18)20(22(27)11-5-4-6-12-22)16-26-13-10-19(15-26)25(2)3/h7-9,14,19-20,27H,4-6,10-13,15-16H2,1-3H3/t19-,20?/m1/s1. The Morgan fingerprint density at radius 3 is 2.56 bits per heavy atom. The summed E-state index contributed by atoms with van der Waals surface area (Å²) in [6.07, 6.45) is 5.80. The molecule has 0 bridgehead atoms. The van der Waals surface area contributed by atoms with Crippen molar-refractivity contribution in [3.05, 3.63) is 35.4 Å². The van der Waals surface area contributed by atoms with E-state index in [-0.39, 0.29) is 11.5 Å². The molecule has 0 spiro atoms. The molecule has 1 saturated carbocycles. The topological polar surface area (TPSA) is 26.7 Å². The van der Waals surface area contributed by atoms with Gasteiger partial charge in [0.15, 0.2) is 0 Å². The van der Waals surface area contributed by atoms with Crippen molar-refractivity contribution in [3.8, 4) is 0 Å². The van der Waals surface area contributed by atoms with E-state index in [1.807, 2.05) is 6.07 Å².